The fraction of sp³-hybridized carbons (Fsp3) is 0.200. The van der Waals surface area contributed by atoms with Crippen LogP contribution in [0.5, 0.6) is 0 Å². The Morgan fingerprint density at radius 1 is 1.65 bits per heavy atom. The molecule has 0 aliphatic carbocycles. The van der Waals surface area contributed by atoms with Crippen LogP contribution >= 0.6 is 11.6 Å². The number of halogens is 2. The van der Waals surface area contributed by atoms with E-state index in [2.05, 4.69) is 9.97 Å². The fourth-order valence-corrected chi connectivity index (χ4v) is 1.61. The third-order valence-corrected chi connectivity index (χ3v) is 2.59. The highest BCUT2D eigenvalue weighted by molar-refractivity contribution is 6.31. The summed E-state index contributed by atoms with van der Waals surface area (Å²) in [5, 5.41) is 8.63. The Bertz CT molecular complexity index is 545. The maximum atomic E-state index is 13.2. The first-order valence-electron chi connectivity index (χ1n) is 4.79. The smallest absolute Gasteiger partial charge is 0.320 e. The van der Waals surface area contributed by atoms with Gasteiger partial charge in [0.25, 0.3) is 0 Å². The number of imidazole rings is 1. The van der Waals surface area contributed by atoms with Crippen molar-refractivity contribution in [2.75, 3.05) is 0 Å². The van der Waals surface area contributed by atoms with Crippen molar-refractivity contribution in [1.29, 1.82) is 0 Å². The predicted octanol–water partition coefficient (Wildman–Crippen LogP) is 1.31. The molecule has 0 amide bonds. The molecule has 4 N–H and O–H groups in total. The second kappa shape index (κ2) is 4.31. The van der Waals surface area contributed by atoms with E-state index in [0.717, 1.165) is 0 Å². The number of rotatable bonds is 3. The molecule has 0 aliphatic heterocycles. The van der Waals surface area contributed by atoms with Gasteiger partial charge in [0.1, 0.15) is 17.7 Å². The molecule has 17 heavy (non-hydrogen) atoms. The SMILES string of the molecule is N[C@H](Cc1nc2cc(Cl)c(F)cc2[nH]1)C(=O)O. The van der Waals surface area contributed by atoms with Gasteiger partial charge in [0.05, 0.1) is 16.1 Å². The number of nitrogens with zero attached hydrogens (tertiary/aromatic N) is 1. The number of carboxylic acids is 1. The lowest BCUT2D eigenvalue weighted by molar-refractivity contribution is -0.138. The Labute approximate surface area is 100 Å². The summed E-state index contributed by atoms with van der Waals surface area (Å²) in [5.41, 5.74) is 6.30. The number of carboxylic acid groups (broad SMARTS) is 1. The van der Waals surface area contributed by atoms with Crippen molar-refractivity contribution in [3.63, 3.8) is 0 Å². The second-order valence-corrected chi connectivity index (χ2v) is 4.02. The van der Waals surface area contributed by atoms with E-state index in [1.807, 2.05) is 0 Å². The number of carbonyl (C=O) groups is 1. The van der Waals surface area contributed by atoms with Crippen LogP contribution in [-0.2, 0) is 11.2 Å². The molecule has 1 heterocycles. The zero-order valence-electron chi connectivity index (χ0n) is 8.58. The molecule has 0 spiro atoms. The highest BCUT2D eigenvalue weighted by atomic mass is 35.5. The van der Waals surface area contributed by atoms with E-state index in [-0.39, 0.29) is 11.4 Å². The van der Waals surface area contributed by atoms with Gasteiger partial charge in [-0.1, -0.05) is 11.6 Å². The van der Waals surface area contributed by atoms with Gasteiger partial charge < -0.3 is 15.8 Å². The van der Waals surface area contributed by atoms with Crippen LogP contribution in [0.3, 0.4) is 0 Å². The number of hydrogen-bond donors (Lipinski definition) is 3. The second-order valence-electron chi connectivity index (χ2n) is 3.62. The van der Waals surface area contributed by atoms with Gasteiger partial charge >= 0.3 is 5.97 Å². The van der Waals surface area contributed by atoms with Gasteiger partial charge in [0.2, 0.25) is 0 Å². The van der Waals surface area contributed by atoms with Gasteiger partial charge in [-0.25, -0.2) is 9.37 Å². The van der Waals surface area contributed by atoms with Crippen LogP contribution in [0, 0.1) is 5.82 Å². The number of H-pyrrole nitrogens is 1. The molecule has 5 nitrogen and oxygen atoms in total. The Kier molecular flexibility index (Phi) is 2.99. The van der Waals surface area contributed by atoms with Crippen molar-refractivity contribution in [2.45, 2.75) is 12.5 Å². The standard InChI is InChI=1S/C10H9ClFN3O2/c11-4-1-7-8(2-5(4)12)15-9(14-7)3-6(13)10(16)17/h1-2,6H,3,13H2,(H,14,15)(H,16,17)/t6-/m1/s1. The molecule has 0 radical (unpaired) electrons. The first-order chi connectivity index (χ1) is 7.97. The van der Waals surface area contributed by atoms with E-state index >= 15 is 0 Å². The molecular formula is C10H9ClFN3O2. The van der Waals surface area contributed by atoms with E-state index < -0.39 is 17.8 Å². The number of hydrogen-bond acceptors (Lipinski definition) is 3. The highest BCUT2D eigenvalue weighted by Gasteiger charge is 2.15. The number of aliphatic carboxylic acids is 1. The monoisotopic (exact) mass is 257 g/mol. The summed E-state index contributed by atoms with van der Waals surface area (Å²) >= 11 is 5.61. The molecule has 2 aromatic rings. The quantitative estimate of drug-likeness (QED) is 0.773. The lowest BCUT2D eigenvalue weighted by Gasteiger charge is -2.01. The Balaban J connectivity index is 2.35. The molecule has 1 aromatic heterocycles. The Hall–Kier alpha value is -1.66. The maximum absolute atomic E-state index is 13.2. The van der Waals surface area contributed by atoms with Gasteiger partial charge in [-0.2, -0.15) is 0 Å². The van der Waals surface area contributed by atoms with Crippen LogP contribution in [0.15, 0.2) is 12.1 Å². The maximum Gasteiger partial charge on any atom is 0.320 e. The molecule has 0 fully saturated rings. The van der Waals surface area contributed by atoms with E-state index in [4.69, 9.17) is 22.4 Å². The van der Waals surface area contributed by atoms with E-state index in [0.29, 0.717) is 16.9 Å². The lowest BCUT2D eigenvalue weighted by Crippen LogP contribution is -2.32. The van der Waals surface area contributed by atoms with Gasteiger partial charge in [-0.15, -0.1) is 0 Å². The minimum Gasteiger partial charge on any atom is -0.480 e. The van der Waals surface area contributed by atoms with Gasteiger partial charge in [-0.05, 0) is 6.07 Å². The zero-order valence-corrected chi connectivity index (χ0v) is 9.33. The first kappa shape index (κ1) is 11.8. The first-order valence-corrected chi connectivity index (χ1v) is 5.17. The number of benzene rings is 1. The van der Waals surface area contributed by atoms with E-state index in [9.17, 15) is 9.18 Å². The van der Waals surface area contributed by atoms with Crippen LogP contribution < -0.4 is 5.73 Å². The van der Waals surface area contributed by atoms with Crippen molar-refractivity contribution in [3.05, 3.63) is 28.8 Å². The number of nitrogens with two attached hydrogens (primary N) is 1. The van der Waals surface area contributed by atoms with Crippen molar-refractivity contribution in [1.82, 2.24) is 9.97 Å². The zero-order chi connectivity index (χ0) is 12.6. The average molecular weight is 258 g/mol. The minimum atomic E-state index is -1.12. The summed E-state index contributed by atoms with van der Waals surface area (Å²) in [6, 6.07) is 1.54. The normalized spacial score (nSPS) is 12.9. The van der Waals surface area contributed by atoms with Crippen molar-refractivity contribution < 1.29 is 14.3 Å². The Morgan fingerprint density at radius 3 is 3.00 bits per heavy atom. The van der Waals surface area contributed by atoms with Crippen molar-refractivity contribution in [3.8, 4) is 0 Å². The molecule has 1 aromatic carbocycles. The predicted molar refractivity (Wildman–Crippen MR) is 60.4 cm³/mol. The molecule has 0 unspecified atom stereocenters. The molecule has 2 rings (SSSR count). The number of fused-ring (bicyclic) bond motifs is 1. The van der Waals surface area contributed by atoms with Crippen LogP contribution in [0.25, 0.3) is 11.0 Å². The topological polar surface area (TPSA) is 92.0 Å². The van der Waals surface area contributed by atoms with Crippen LogP contribution in [0.2, 0.25) is 5.02 Å². The minimum absolute atomic E-state index is 0.0296. The molecule has 0 saturated heterocycles. The molecule has 90 valence electrons. The lowest BCUT2D eigenvalue weighted by atomic mass is 10.2. The van der Waals surface area contributed by atoms with Crippen LogP contribution in [0.1, 0.15) is 5.82 Å². The van der Waals surface area contributed by atoms with Crippen LogP contribution in [-0.4, -0.2) is 27.1 Å². The number of aromatic amines is 1. The molecule has 0 saturated carbocycles. The highest BCUT2D eigenvalue weighted by Crippen LogP contribution is 2.21. The van der Waals surface area contributed by atoms with E-state index in [1.54, 1.807) is 0 Å². The summed E-state index contributed by atoms with van der Waals surface area (Å²) < 4.78 is 13.2. The van der Waals surface area contributed by atoms with Gasteiger partial charge in [0, 0.05) is 12.5 Å². The third-order valence-electron chi connectivity index (χ3n) is 2.30. The molecule has 7 heteroatoms. The molecule has 1 atom stereocenters. The third kappa shape index (κ3) is 2.37. The van der Waals surface area contributed by atoms with E-state index in [1.165, 1.54) is 12.1 Å². The fourth-order valence-electron chi connectivity index (χ4n) is 1.45. The summed E-state index contributed by atoms with van der Waals surface area (Å²) in [6.07, 6.45) is 0.0449. The summed E-state index contributed by atoms with van der Waals surface area (Å²) in [6.45, 7) is 0. The summed E-state index contributed by atoms with van der Waals surface area (Å²) in [4.78, 5) is 17.5. The molecule has 0 aliphatic rings. The summed E-state index contributed by atoms with van der Waals surface area (Å²) in [5.74, 6) is -1.29. The average Bonchev–Trinajstić information content (AvgIpc) is 2.60. The number of nitrogens with one attached hydrogen (secondary N) is 1. The van der Waals surface area contributed by atoms with Crippen molar-refractivity contribution in [2.24, 2.45) is 5.73 Å². The molecular weight excluding hydrogens is 249 g/mol. The Morgan fingerprint density at radius 2 is 2.35 bits per heavy atom. The molecule has 0 bridgehead atoms. The van der Waals surface area contributed by atoms with Crippen molar-refractivity contribution >= 4 is 28.6 Å². The summed E-state index contributed by atoms with van der Waals surface area (Å²) in [7, 11) is 0. The van der Waals surface area contributed by atoms with Crippen LogP contribution in [0.4, 0.5) is 4.39 Å². The largest absolute Gasteiger partial charge is 0.480 e. The van der Waals surface area contributed by atoms with Gasteiger partial charge in [-0.3, -0.25) is 4.79 Å². The van der Waals surface area contributed by atoms with Gasteiger partial charge in [0.15, 0.2) is 0 Å². The number of aromatic nitrogens is 2.